The van der Waals surface area contributed by atoms with E-state index in [4.69, 9.17) is 0 Å². The van der Waals surface area contributed by atoms with Crippen LogP contribution in [0.15, 0.2) is 146 Å². The van der Waals surface area contributed by atoms with E-state index in [2.05, 4.69) is 204 Å². The second kappa shape index (κ2) is 11.5. The predicted octanol–water partition coefficient (Wildman–Crippen LogP) is 14.1. The van der Waals surface area contributed by atoms with Gasteiger partial charge in [0, 0.05) is 33.6 Å². The van der Waals surface area contributed by atoms with Crippen molar-refractivity contribution in [1.82, 2.24) is 0 Å². The molecule has 54 heavy (non-hydrogen) atoms. The smallest absolute Gasteiger partial charge is 0.0504 e. The highest BCUT2D eigenvalue weighted by molar-refractivity contribution is 5.91. The van der Waals surface area contributed by atoms with Gasteiger partial charge in [0.25, 0.3) is 0 Å². The zero-order valence-corrected chi connectivity index (χ0v) is 32.5. The number of nitrogens with zero attached hydrogens (tertiary/aromatic N) is 2. The standard InChI is InChI=1S/C52H48N2/c1-33-20-22-34(23-21-33)53(35-24-27-40-38-14-8-10-16-42(38)50(2,3)45(40)30-35)36-26-29-49-47(32-36)52(6,7)44-18-12-13-19-48(44)54(49)37-25-28-41-39-15-9-11-17-43(39)51(4,5)46(41)31-37/h8-15,17-32,42H,16H2,1-7H3. The summed E-state index contributed by atoms with van der Waals surface area (Å²) in [4.78, 5) is 4.98. The highest BCUT2D eigenvalue weighted by Crippen LogP contribution is 2.57. The maximum absolute atomic E-state index is 2.51. The van der Waals surface area contributed by atoms with Crippen LogP contribution in [-0.4, -0.2) is 0 Å². The van der Waals surface area contributed by atoms with E-state index in [-0.39, 0.29) is 16.2 Å². The molecular weight excluding hydrogens is 653 g/mol. The first-order valence-corrected chi connectivity index (χ1v) is 19.6. The van der Waals surface area contributed by atoms with E-state index < -0.39 is 0 Å². The molecular formula is C52H48N2. The number of benzene rings is 6. The zero-order chi connectivity index (χ0) is 37.1. The van der Waals surface area contributed by atoms with Gasteiger partial charge >= 0.3 is 0 Å². The molecule has 0 amide bonds. The number of allylic oxidation sites excluding steroid dienone is 4. The summed E-state index contributed by atoms with van der Waals surface area (Å²) in [6.07, 6.45) is 8.01. The Balaban J connectivity index is 1.15. The van der Waals surface area contributed by atoms with Gasteiger partial charge in [-0.2, -0.15) is 0 Å². The number of rotatable bonds is 4. The van der Waals surface area contributed by atoms with Crippen LogP contribution in [0.1, 0.15) is 86.9 Å². The molecule has 4 aliphatic rings. The Bertz CT molecular complexity index is 2580. The number of aryl methyl sites for hydroxylation is 1. The summed E-state index contributed by atoms with van der Waals surface area (Å²) in [5.74, 6) is 0.509. The van der Waals surface area contributed by atoms with Crippen LogP contribution in [0.2, 0.25) is 0 Å². The molecule has 1 heterocycles. The second-order valence-electron chi connectivity index (χ2n) is 17.5. The van der Waals surface area contributed by atoms with Gasteiger partial charge in [-0.15, -0.1) is 0 Å². The summed E-state index contributed by atoms with van der Waals surface area (Å²) in [6, 6.07) is 48.5. The zero-order valence-electron chi connectivity index (χ0n) is 32.5. The van der Waals surface area contributed by atoms with E-state index in [0.29, 0.717) is 5.92 Å². The van der Waals surface area contributed by atoms with Crippen LogP contribution in [-0.2, 0) is 16.2 Å². The molecule has 0 N–H and O–H groups in total. The molecule has 3 aliphatic carbocycles. The van der Waals surface area contributed by atoms with Crippen LogP contribution < -0.4 is 9.80 Å². The maximum Gasteiger partial charge on any atom is 0.0504 e. The molecule has 1 unspecified atom stereocenters. The van der Waals surface area contributed by atoms with Crippen molar-refractivity contribution in [3.8, 4) is 11.1 Å². The van der Waals surface area contributed by atoms with E-state index in [1.165, 1.54) is 89.8 Å². The van der Waals surface area contributed by atoms with Crippen LogP contribution in [0.5, 0.6) is 0 Å². The van der Waals surface area contributed by atoms with Crippen LogP contribution in [0.3, 0.4) is 0 Å². The second-order valence-corrected chi connectivity index (χ2v) is 17.5. The lowest BCUT2D eigenvalue weighted by molar-refractivity contribution is 0.415. The molecule has 2 nitrogen and oxygen atoms in total. The third-order valence-electron chi connectivity index (χ3n) is 13.4. The summed E-state index contributed by atoms with van der Waals surface area (Å²) in [6.45, 7) is 16.6. The van der Waals surface area contributed by atoms with Crippen molar-refractivity contribution in [2.24, 2.45) is 5.92 Å². The van der Waals surface area contributed by atoms with E-state index in [0.717, 1.165) is 6.42 Å². The molecule has 266 valence electrons. The largest absolute Gasteiger partial charge is 0.310 e. The van der Waals surface area contributed by atoms with Gasteiger partial charge < -0.3 is 9.80 Å². The molecule has 10 rings (SSSR count). The first-order chi connectivity index (χ1) is 26.0. The summed E-state index contributed by atoms with van der Waals surface area (Å²) in [7, 11) is 0. The quantitative estimate of drug-likeness (QED) is 0.181. The van der Waals surface area contributed by atoms with Crippen molar-refractivity contribution >= 4 is 39.7 Å². The highest BCUT2D eigenvalue weighted by Gasteiger charge is 2.43. The van der Waals surface area contributed by atoms with Gasteiger partial charge in [-0.3, -0.25) is 0 Å². The maximum atomic E-state index is 2.51. The Morgan fingerprint density at radius 2 is 1.15 bits per heavy atom. The molecule has 0 saturated heterocycles. The van der Waals surface area contributed by atoms with E-state index >= 15 is 0 Å². The molecule has 0 saturated carbocycles. The Labute approximate surface area is 321 Å². The van der Waals surface area contributed by atoms with Crippen molar-refractivity contribution in [2.75, 3.05) is 9.80 Å². The van der Waals surface area contributed by atoms with Crippen molar-refractivity contribution in [1.29, 1.82) is 0 Å². The molecule has 0 fully saturated rings. The fourth-order valence-electron chi connectivity index (χ4n) is 10.3. The molecule has 0 aromatic heterocycles. The number of fused-ring (bicyclic) bond motifs is 8. The minimum absolute atomic E-state index is 0.0503. The monoisotopic (exact) mass is 700 g/mol. The summed E-state index contributed by atoms with van der Waals surface area (Å²) < 4.78 is 0. The van der Waals surface area contributed by atoms with E-state index in [9.17, 15) is 0 Å². The molecule has 2 heteroatoms. The summed E-state index contributed by atoms with van der Waals surface area (Å²) in [5.41, 5.74) is 20.7. The van der Waals surface area contributed by atoms with Crippen molar-refractivity contribution < 1.29 is 0 Å². The van der Waals surface area contributed by atoms with Gasteiger partial charge in [-0.05, 0) is 135 Å². The number of anilines is 6. The molecule has 6 aromatic rings. The van der Waals surface area contributed by atoms with Gasteiger partial charge in [0.15, 0.2) is 0 Å². The lowest BCUT2D eigenvalue weighted by atomic mass is 9.73. The van der Waals surface area contributed by atoms with E-state index in [1.54, 1.807) is 0 Å². The third-order valence-corrected chi connectivity index (χ3v) is 13.4. The molecule has 0 spiro atoms. The van der Waals surface area contributed by atoms with Crippen molar-refractivity contribution in [3.63, 3.8) is 0 Å². The number of hydrogen-bond acceptors (Lipinski definition) is 2. The highest BCUT2D eigenvalue weighted by atomic mass is 15.2. The van der Waals surface area contributed by atoms with Crippen LogP contribution >= 0.6 is 0 Å². The Morgan fingerprint density at radius 1 is 0.537 bits per heavy atom. The van der Waals surface area contributed by atoms with Gasteiger partial charge in [0.1, 0.15) is 0 Å². The normalized spacial score (nSPS) is 18.8. The summed E-state index contributed by atoms with van der Waals surface area (Å²) >= 11 is 0. The fourth-order valence-corrected chi connectivity index (χ4v) is 10.3. The molecule has 0 bridgehead atoms. The lowest BCUT2D eigenvalue weighted by Crippen LogP contribution is -2.31. The van der Waals surface area contributed by atoms with Crippen LogP contribution in [0.25, 0.3) is 16.7 Å². The molecule has 6 aromatic carbocycles. The molecule has 1 aliphatic heterocycles. The minimum atomic E-state index is -0.223. The number of para-hydroxylation sites is 1. The van der Waals surface area contributed by atoms with Crippen LogP contribution in [0, 0.1) is 12.8 Å². The lowest BCUT2D eigenvalue weighted by Gasteiger charge is -2.43. The van der Waals surface area contributed by atoms with E-state index in [1.807, 2.05) is 0 Å². The van der Waals surface area contributed by atoms with Gasteiger partial charge in [-0.1, -0.05) is 132 Å². The van der Waals surface area contributed by atoms with Crippen molar-refractivity contribution in [3.05, 3.63) is 185 Å². The predicted molar refractivity (Wildman–Crippen MR) is 228 cm³/mol. The van der Waals surface area contributed by atoms with Crippen LogP contribution in [0.4, 0.5) is 34.1 Å². The fraction of sp³-hybridized carbons (Fsp3) is 0.231. The first kappa shape index (κ1) is 33.0. The topological polar surface area (TPSA) is 6.48 Å². The Morgan fingerprint density at radius 3 is 1.94 bits per heavy atom. The Hall–Kier alpha value is -5.60. The number of hydrogen-bond donors (Lipinski definition) is 0. The first-order valence-electron chi connectivity index (χ1n) is 19.6. The van der Waals surface area contributed by atoms with Gasteiger partial charge in [0.2, 0.25) is 0 Å². The SMILES string of the molecule is Cc1ccc(N(c2ccc3c(c2)C(C)(C)c2ccccc2N3c2ccc3c(c2)C(C)(C)c2ccccc2-3)c2ccc3c(c2)C(C)(C)C2CC=CC=C32)cc1. The van der Waals surface area contributed by atoms with Gasteiger partial charge in [-0.25, -0.2) is 0 Å². The Kier molecular flexibility index (Phi) is 7.00. The summed E-state index contributed by atoms with van der Waals surface area (Å²) in [5, 5.41) is 0. The minimum Gasteiger partial charge on any atom is -0.310 e. The van der Waals surface area contributed by atoms with Gasteiger partial charge in [0.05, 0.1) is 11.4 Å². The van der Waals surface area contributed by atoms with Crippen molar-refractivity contribution in [2.45, 2.75) is 71.1 Å². The third kappa shape index (κ3) is 4.59. The average molecular weight is 701 g/mol. The molecule has 0 radical (unpaired) electrons. The average Bonchev–Trinajstić information content (AvgIpc) is 3.55. The molecule has 1 atom stereocenters.